The normalized spacial score (nSPS) is 16.3. The van der Waals surface area contributed by atoms with Gasteiger partial charge >= 0.3 is 0 Å². The van der Waals surface area contributed by atoms with E-state index in [0.29, 0.717) is 11.4 Å². The van der Waals surface area contributed by atoms with Crippen LogP contribution in [0.5, 0.6) is 5.75 Å². The van der Waals surface area contributed by atoms with E-state index in [-0.39, 0.29) is 17.7 Å². The maximum atomic E-state index is 13.6. The molecule has 2 aliphatic rings. The summed E-state index contributed by atoms with van der Waals surface area (Å²) in [5, 5.41) is 24.5. The number of anilines is 3. The number of piperazine rings is 1. The predicted octanol–water partition coefficient (Wildman–Crippen LogP) is 4.26. The average Bonchev–Trinajstić information content (AvgIpc) is 3.38. The van der Waals surface area contributed by atoms with Crippen molar-refractivity contribution in [2.24, 2.45) is 0 Å². The molecule has 41 heavy (non-hydrogen) atoms. The number of likely N-dealkylation sites (N-methyl/N-ethyl adjacent to an activating group) is 1. The number of carbonyl (C=O) groups is 1. The molecule has 0 aliphatic carbocycles. The first-order valence-corrected chi connectivity index (χ1v) is 14.0. The Bertz CT molecular complexity index is 1610. The Kier molecular flexibility index (Phi) is 7.76. The Labute approximate surface area is 239 Å². The van der Waals surface area contributed by atoms with Gasteiger partial charge in [0, 0.05) is 73.3 Å². The molecule has 9 nitrogen and oxygen atoms in total. The minimum absolute atomic E-state index is 0.182. The smallest absolute Gasteiger partial charge is 0.258 e. The second-order valence-electron chi connectivity index (χ2n) is 10.6. The first kappa shape index (κ1) is 26.7. The van der Waals surface area contributed by atoms with Gasteiger partial charge in [-0.2, -0.15) is 5.10 Å². The molecule has 6 rings (SSSR count). The highest BCUT2D eigenvalue weighted by Gasteiger charge is 2.22. The molecule has 2 saturated heterocycles. The first-order chi connectivity index (χ1) is 20.0. The van der Waals surface area contributed by atoms with Gasteiger partial charge in [-0.05, 0) is 74.5 Å². The molecular weight excluding hydrogens is 516 g/mol. The molecule has 9 heteroatoms. The van der Waals surface area contributed by atoms with Gasteiger partial charge in [-0.3, -0.25) is 9.89 Å². The molecule has 0 radical (unpaired) electrons. The quantitative estimate of drug-likeness (QED) is 0.275. The Hall–Kier alpha value is -4.52. The largest absolute Gasteiger partial charge is 0.508 e. The molecule has 0 atom stereocenters. The molecule has 2 fully saturated rings. The molecular formula is C32H34N6O3. The van der Waals surface area contributed by atoms with Gasteiger partial charge in [0.15, 0.2) is 5.82 Å². The number of carbonyl (C=O) groups excluding carboxylic acids is 1. The summed E-state index contributed by atoms with van der Waals surface area (Å²) in [6.07, 6.45) is 1.81. The van der Waals surface area contributed by atoms with Crippen LogP contribution >= 0.6 is 0 Å². The Balaban J connectivity index is 1.23. The Morgan fingerprint density at radius 1 is 1.00 bits per heavy atom. The molecule has 210 valence electrons. The molecule has 0 bridgehead atoms. The molecule has 2 aliphatic heterocycles. The lowest BCUT2D eigenvalue weighted by Gasteiger charge is -2.34. The molecule has 0 saturated carbocycles. The second kappa shape index (κ2) is 11.9. The number of benzene rings is 3. The van der Waals surface area contributed by atoms with E-state index in [1.165, 1.54) is 0 Å². The summed E-state index contributed by atoms with van der Waals surface area (Å²) in [5.74, 6) is 6.61. The van der Waals surface area contributed by atoms with Crippen molar-refractivity contribution in [1.29, 1.82) is 0 Å². The lowest BCUT2D eigenvalue weighted by Crippen LogP contribution is -2.44. The topological polar surface area (TPSA) is 106 Å². The number of hydrogen-bond acceptors (Lipinski definition) is 7. The summed E-state index contributed by atoms with van der Waals surface area (Å²) in [6.45, 7) is 5.38. The third-order valence-corrected chi connectivity index (χ3v) is 7.69. The van der Waals surface area contributed by atoms with Crippen LogP contribution in [0.4, 0.5) is 17.2 Å². The van der Waals surface area contributed by atoms with E-state index in [1.54, 1.807) is 18.2 Å². The van der Waals surface area contributed by atoms with Gasteiger partial charge in [0.25, 0.3) is 5.91 Å². The van der Waals surface area contributed by atoms with Crippen LogP contribution in [0.25, 0.3) is 10.9 Å². The molecule has 4 N–H and O–H groups in total. The fourth-order valence-corrected chi connectivity index (χ4v) is 5.27. The monoisotopic (exact) mass is 550 g/mol. The van der Waals surface area contributed by atoms with Gasteiger partial charge in [-0.1, -0.05) is 17.9 Å². The van der Waals surface area contributed by atoms with E-state index >= 15 is 0 Å². The van der Waals surface area contributed by atoms with Crippen molar-refractivity contribution in [2.75, 3.05) is 62.0 Å². The lowest BCUT2D eigenvalue weighted by atomic mass is 10.1. The zero-order chi connectivity index (χ0) is 28.2. The van der Waals surface area contributed by atoms with Crippen LogP contribution < -0.4 is 15.5 Å². The number of ether oxygens (including phenoxy) is 1. The van der Waals surface area contributed by atoms with Gasteiger partial charge in [-0.15, -0.1) is 0 Å². The van der Waals surface area contributed by atoms with Crippen LogP contribution in [-0.4, -0.2) is 78.6 Å². The summed E-state index contributed by atoms with van der Waals surface area (Å²) < 4.78 is 5.54. The van der Waals surface area contributed by atoms with E-state index in [1.807, 2.05) is 36.4 Å². The number of fused-ring (bicyclic) bond motifs is 1. The minimum Gasteiger partial charge on any atom is -0.508 e. The standard InChI is InChI=1S/C32H34N6O3/c1-37-13-15-38(16-14-37)25-8-10-28(29(21-25)33-24-11-17-41-18-12-24)32(40)34-31-27-9-7-23(20-30(27)35-36-31)6-5-22-3-2-4-26(39)19-22/h2-4,7-10,19-21,24,33,39H,11-18H2,1H3,(H2,34,35,36,40). The summed E-state index contributed by atoms with van der Waals surface area (Å²) in [5.41, 5.74) is 4.83. The van der Waals surface area contributed by atoms with Gasteiger partial charge in [-0.25, -0.2) is 0 Å². The molecule has 1 aromatic heterocycles. The molecule has 3 aromatic carbocycles. The summed E-state index contributed by atoms with van der Waals surface area (Å²) in [6, 6.07) is 18.8. The first-order valence-electron chi connectivity index (χ1n) is 14.0. The van der Waals surface area contributed by atoms with E-state index in [2.05, 4.69) is 55.6 Å². The third kappa shape index (κ3) is 6.30. The number of H-pyrrole nitrogens is 1. The van der Waals surface area contributed by atoms with Crippen LogP contribution in [0, 0.1) is 11.8 Å². The molecule has 0 spiro atoms. The van der Waals surface area contributed by atoms with Crippen LogP contribution in [0.3, 0.4) is 0 Å². The van der Waals surface area contributed by atoms with Crippen molar-refractivity contribution in [3.05, 3.63) is 77.4 Å². The Morgan fingerprint density at radius 3 is 2.56 bits per heavy atom. The van der Waals surface area contributed by atoms with Crippen LogP contribution in [0.2, 0.25) is 0 Å². The van der Waals surface area contributed by atoms with Crippen molar-refractivity contribution >= 4 is 34.0 Å². The lowest BCUT2D eigenvalue weighted by molar-refractivity contribution is 0.0904. The number of aromatic nitrogens is 2. The zero-order valence-electron chi connectivity index (χ0n) is 23.1. The maximum Gasteiger partial charge on any atom is 0.258 e. The number of hydrogen-bond donors (Lipinski definition) is 4. The van der Waals surface area contributed by atoms with Gasteiger partial charge in [0.1, 0.15) is 5.75 Å². The fourth-order valence-electron chi connectivity index (χ4n) is 5.27. The number of nitrogens with zero attached hydrogens (tertiary/aromatic N) is 3. The number of phenols is 1. The second-order valence-corrected chi connectivity index (χ2v) is 10.6. The Morgan fingerprint density at radius 2 is 1.78 bits per heavy atom. The molecule has 4 aromatic rings. The number of amides is 1. The predicted molar refractivity (Wildman–Crippen MR) is 162 cm³/mol. The van der Waals surface area contributed by atoms with Crippen molar-refractivity contribution in [3.8, 4) is 17.6 Å². The number of rotatable bonds is 5. The zero-order valence-corrected chi connectivity index (χ0v) is 23.1. The van der Waals surface area contributed by atoms with Crippen LogP contribution in [0.15, 0.2) is 60.7 Å². The summed E-state index contributed by atoms with van der Waals surface area (Å²) >= 11 is 0. The number of phenolic OH excluding ortho intramolecular Hbond substituents is 1. The van der Waals surface area contributed by atoms with Gasteiger partial charge in [0.2, 0.25) is 0 Å². The summed E-state index contributed by atoms with van der Waals surface area (Å²) in [7, 11) is 2.15. The third-order valence-electron chi connectivity index (χ3n) is 7.69. The SMILES string of the molecule is CN1CCN(c2ccc(C(=O)Nc3n[nH]c4cc(C#Cc5cccc(O)c5)ccc34)c(NC3CCOCC3)c2)CC1. The number of aromatic amines is 1. The van der Waals surface area contributed by atoms with Crippen molar-refractivity contribution in [1.82, 2.24) is 15.1 Å². The molecule has 3 heterocycles. The highest BCUT2D eigenvalue weighted by atomic mass is 16.5. The minimum atomic E-state index is -0.217. The maximum absolute atomic E-state index is 13.6. The van der Waals surface area contributed by atoms with Crippen LogP contribution in [0.1, 0.15) is 34.3 Å². The van der Waals surface area contributed by atoms with E-state index in [4.69, 9.17) is 4.74 Å². The van der Waals surface area contributed by atoms with E-state index in [0.717, 1.165) is 85.6 Å². The fraction of sp³-hybridized carbons (Fsp3) is 0.312. The van der Waals surface area contributed by atoms with E-state index in [9.17, 15) is 9.90 Å². The van der Waals surface area contributed by atoms with Crippen molar-refractivity contribution in [3.63, 3.8) is 0 Å². The molecule has 0 unspecified atom stereocenters. The van der Waals surface area contributed by atoms with Crippen LogP contribution in [-0.2, 0) is 4.74 Å². The highest BCUT2D eigenvalue weighted by Crippen LogP contribution is 2.29. The average molecular weight is 551 g/mol. The van der Waals surface area contributed by atoms with Gasteiger partial charge < -0.3 is 30.3 Å². The highest BCUT2D eigenvalue weighted by molar-refractivity contribution is 6.11. The van der Waals surface area contributed by atoms with E-state index < -0.39 is 0 Å². The number of nitrogens with one attached hydrogen (secondary N) is 3. The van der Waals surface area contributed by atoms with Gasteiger partial charge in [0.05, 0.1) is 11.1 Å². The van der Waals surface area contributed by atoms with Crippen molar-refractivity contribution < 1.29 is 14.6 Å². The summed E-state index contributed by atoms with van der Waals surface area (Å²) in [4.78, 5) is 18.3. The number of aromatic hydroxyl groups is 1. The molecule has 1 amide bonds. The van der Waals surface area contributed by atoms with Crippen molar-refractivity contribution in [2.45, 2.75) is 18.9 Å².